The molecule has 8 nitrogen and oxygen atoms in total. The Morgan fingerprint density at radius 1 is 1.06 bits per heavy atom. The maximum absolute atomic E-state index is 13.5. The summed E-state index contributed by atoms with van der Waals surface area (Å²) in [6, 6.07) is 2.86. The van der Waals surface area contributed by atoms with E-state index in [1.54, 1.807) is 20.8 Å². The molecule has 0 spiro atoms. The van der Waals surface area contributed by atoms with E-state index in [2.05, 4.69) is 5.10 Å². The molecule has 0 N–H and O–H groups in total. The summed E-state index contributed by atoms with van der Waals surface area (Å²) in [6.07, 6.45) is 2.77. The molecule has 0 aliphatic rings. The van der Waals surface area contributed by atoms with Crippen LogP contribution in [0.25, 0.3) is 5.57 Å². The van der Waals surface area contributed by atoms with Gasteiger partial charge in [0, 0.05) is 18.4 Å². The molecular formula is C22H30N2O6S2. The van der Waals surface area contributed by atoms with Crippen molar-refractivity contribution in [3.05, 3.63) is 46.2 Å². The van der Waals surface area contributed by atoms with Gasteiger partial charge in [0.2, 0.25) is 5.88 Å². The van der Waals surface area contributed by atoms with Gasteiger partial charge in [-0.2, -0.15) is 13.5 Å². The molecule has 1 heterocycles. The molecule has 176 valence electrons. The zero-order valence-corrected chi connectivity index (χ0v) is 21.1. The summed E-state index contributed by atoms with van der Waals surface area (Å²) < 4.78 is 55.9. The van der Waals surface area contributed by atoms with Gasteiger partial charge < -0.3 is 4.18 Å². The summed E-state index contributed by atoms with van der Waals surface area (Å²) in [5.74, 6) is -0.827. The number of allylic oxidation sites excluding steroid dienone is 2. The highest BCUT2D eigenvalue weighted by molar-refractivity contribution is 7.90. The predicted molar refractivity (Wildman–Crippen MR) is 124 cm³/mol. The van der Waals surface area contributed by atoms with Gasteiger partial charge in [0.15, 0.2) is 15.6 Å². The van der Waals surface area contributed by atoms with E-state index < -0.39 is 25.7 Å². The number of carbonyl (C=O) groups is 1. The molecule has 0 saturated carbocycles. The normalized spacial score (nSPS) is 12.0. The first kappa shape index (κ1) is 25.8. The smallest absolute Gasteiger partial charge is 0.310 e. The predicted octanol–water partition coefficient (Wildman–Crippen LogP) is 3.78. The van der Waals surface area contributed by atoms with Crippen molar-refractivity contribution < 1.29 is 25.8 Å². The van der Waals surface area contributed by atoms with E-state index in [4.69, 9.17) is 4.18 Å². The number of nitrogens with zero attached hydrogens (tertiary/aromatic N) is 2. The highest BCUT2D eigenvalue weighted by atomic mass is 32.2. The first-order valence-electron chi connectivity index (χ1n) is 10.3. The van der Waals surface area contributed by atoms with Gasteiger partial charge in [-0.15, -0.1) is 0 Å². The fourth-order valence-corrected chi connectivity index (χ4v) is 5.35. The van der Waals surface area contributed by atoms with Crippen LogP contribution in [0.2, 0.25) is 0 Å². The maximum Gasteiger partial charge on any atom is 0.310 e. The zero-order valence-electron chi connectivity index (χ0n) is 19.5. The largest absolute Gasteiger partial charge is 0.361 e. The third-order valence-electron chi connectivity index (χ3n) is 5.19. The summed E-state index contributed by atoms with van der Waals surface area (Å²) in [4.78, 5) is 13.6. The van der Waals surface area contributed by atoms with Crippen molar-refractivity contribution in [3.63, 3.8) is 0 Å². The van der Waals surface area contributed by atoms with Gasteiger partial charge in [0.05, 0.1) is 16.8 Å². The molecular weight excluding hydrogens is 452 g/mol. The summed E-state index contributed by atoms with van der Waals surface area (Å²) >= 11 is 0. The molecule has 0 aliphatic heterocycles. The molecule has 32 heavy (non-hydrogen) atoms. The molecule has 2 aromatic rings. The highest BCUT2D eigenvalue weighted by Gasteiger charge is 2.28. The van der Waals surface area contributed by atoms with Crippen molar-refractivity contribution >= 4 is 31.3 Å². The Balaban J connectivity index is 2.74. The van der Waals surface area contributed by atoms with Crippen molar-refractivity contribution in [1.82, 2.24) is 9.78 Å². The van der Waals surface area contributed by atoms with Crippen molar-refractivity contribution in [2.75, 3.05) is 12.0 Å². The molecule has 0 atom stereocenters. The molecule has 1 aromatic heterocycles. The maximum atomic E-state index is 13.5. The minimum absolute atomic E-state index is 0.00235. The number of ketones is 1. The summed E-state index contributed by atoms with van der Waals surface area (Å²) in [6.45, 7) is 11.0. The van der Waals surface area contributed by atoms with Crippen LogP contribution in [0.3, 0.4) is 0 Å². The Labute approximate surface area is 190 Å². The third-order valence-corrected chi connectivity index (χ3v) is 7.65. The lowest BCUT2D eigenvalue weighted by Crippen LogP contribution is -2.18. The number of hydrogen-bond acceptors (Lipinski definition) is 7. The number of aromatic nitrogens is 2. The molecule has 0 radical (unpaired) electrons. The average Bonchev–Trinajstić information content (AvgIpc) is 3.07. The SMILES string of the molecule is CCCS(=O)(=O)Oc1c(C(=O)c2ccc(S(C)(=O)=O)c(C(C)=C(C)C)c2C)cnn1CC. The van der Waals surface area contributed by atoms with E-state index >= 15 is 0 Å². The summed E-state index contributed by atoms with van der Waals surface area (Å²) in [5.41, 5.74) is 2.88. The van der Waals surface area contributed by atoms with Gasteiger partial charge in [-0.1, -0.05) is 12.5 Å². The lowest BCUT2D eigenvalue weighted by molar-refractivity contribution is 0.103. The monoisotopic (exact) mass is 482 g/mol. The van der Waals surface area contributed by atoms with Gasteiger partial charge in [0.25, 0.3) is 0 Å². The van der Waals surface area contributed by atoms with Gasteiger partial charge in [-0.3, -0.25) is 4.79 Å². The first-order valence-corrected chi connectivity index (χ1v) is 13.7. The molecule has 0 aliphatic carbocycles. The Bertz CT molecular complexity index is 1280. The molecule has 0 saturated heterocycles. The second kappa shape index (κ2) is 9.58. The van der Waals surface area contributed by atoms with Crippen molar-refractivity contribution in [2.24, 2.45) is 0 Å². The van der Waals surface area contributed by atoms with Gasteiger partial charge in [-0.25, -0.2) is 13.1 Å². The van der Waals surface area contributed by atoms with Gasteiger partial charge in [-0.05, 0) is 69.9 Å². The fraction of sp³-hybridized carbons (Fsp3) is 0.455. The first-order chi connectivity index (χ1) is 14.7. The highest BCUT2D eigenvalue weighted by Crippen LogP contribution is 2.33. The Kier molecular flexibility index (Phi) is 7.72. The van der Waals surface area contributed by atoms with Gasteiger partial charge >= 0.3 is 10.1 Å². The molecule has 0 fully saturated rings. The third kappa shape index (κ3) is 5.29. The Morgan fingerprint density at radius 2 is 1.69 bits per heavy atom. The lowest BCUT2D eigenvalue weighted by atomic mass is 9.91. The van der Waals surface area contributed by atoms with Crippen LogP contribution in [0.5, 0.6) is 5.88 Å². The quantitative estimate of drug-likeness (QED) is 0.395. The second-order valence-electron chi connectivity index (χ2n) is 7.86. The average molecular weight is 483 g/mol. The van der Waals surface area contributed by atoms with Crippen LogP contribution in [0.15, 0.2) is 28.8 Å². The number of hydrogen-bond donors (Lipinski definition) is 0. The van der Waals surface area contributed by atoms with Crippen LogP contribution >= 0.6 is 0 Å². The van der Waals surface area contributed by atoms with Crippen LogP contribution in [-0.4, -0.2) is 44.4 Å². The van der Waals surface area contributed by atoms with Crippen LogP contribution in [0, 0.1) is 6.92 Å². The van der Waals surface area contributed by atoms with Crippen molar-refractivity contribution in [2.45, 2.75) is 59.4 Å². The van der Waals surface area contributed by atoms with Crippen LogP contribution < -0.4 is 4.18 Å². The van der Waals surface area contributed by atoms with E-state index in [9.17, 15) is 21.6 Å². The van der Waals surface area contributed by atoms with Crippen molar-refractivity contribution in [1.29, 1.82) is 0 Å². The summed E-state index contributed by atoms with van der Waals surface area (Å²) in [5, 5.41) is 4.10. The van der Waals surface area contributed by atoms with Crippen molar-refractivity contribution in [3.8, 4) is 5.88 Å². The minimum Gasteiger partial charge on any atom is -0.361 e. The van der Waals surface area contributed by atoms with Gasteiger partial charge in [0.1, 0.15) is 5.56 Å². The molecule has 0 amide bonds. The Hall–Kier alpha value is -2.46. The molecule has 0 unspecified atom stereocenters. The number of benzene rings is 1. The van der Waals surface area contributed by atoms with E-state index in [-0.39, 0.29) is 27.7 Å². The summed E-state index contributed by atoms with van der Waals surface area (Å²) in [7, 11) is -7.44. The van der Waals surface area contributed by atoms with Crippen LogP contribution in [0.1, 0.15) is 68.1 Å². The lowest BCUT2D eigenvalue weighted by Gasteiger charge is -2.17. The molecule has 2 rings (SSSR count). The Morgan fingerprint density at radius 3 is 2.19 bits per heavy atom. The van der Waals surface area contributed by atoms with Crippen LogP contribution in [0.4, 0.5) is 0 Å². The van der Waals surface area contributed by atoms with E-state index in [0.717, 1.165) is 17.4 Å². The number of rotatable bonds is 9. The number of carbonyl (C=O) groups excluding carboxylic acids is 1. The molecule has 10 heteroatoms. The standard InChI is InChI=1S/C22H30N2O6S2/c1-8-12-32(28,29)30-22-18(13-23-24(22)9-2)21(25)17-10-11-19(31(7,26)27)20(16(17)6)15(5)14(3)4/h10-11,13H,8-9,12H2,1-7H3. The van der Waals surface area contributed by atoms with Crippen LogP contribution in [-0.2, 0) is 26.5 Å². The number of sulfone groups is 1. The zero-order chi connectivity index (χ0) is 24.4. The fourth-order valence-electron chi connectivity index (χ4n) is 3.36. The molecule has 1 aromatic carbocycles. The van der Waals surface area contributed by atoms with E-state index in [1.807, 2.05) is 20.8 Å². The van der Waals surface area contributed by atoms with E-state index in [0.29, 0.717) is 24.1 Å². The topological polar surface area (TPSA) is 112 Å². The van der Waals surface area contributed by atoms with E-state index in [1.165, 1.54) is 23.0 Å². The minimum atomic E-state index is -3.89. The number of aryl methyl sites for hydroxylation is 1. The second-order valence-corrected chi connectivity index (χ2v) is 11.5. The molecule has 0 bridgehead atoms.